The lowest BCUT2D eigenvalue weighted by Gasteiger charge is -2.24. The Morgan fingerprint density at radius 3 is 2.31 bits per heavy atom. The standard InChI is InChI=1S/C11H25NO/c1-5-8-11(13-7-3)10(4)12-9-6-2/h10-12H,5-9H2,1-4H3. The maximum atomic E-state index is 5.68. The largest absolute Gasteiger partial charge is 0.377 e. The van der Waals surface area contributed by atoms with E-state index in [0.717, 1.165) is 19.6 Å². The van der Waals surface area contributed by atoms with Crippen LogP contribution in [-0.2, 0) is 4.74 Å². The number of ether oxygens (including phenoxy) is 1. The van der Waals surface area contributed by atoms with E-state index in [1.807, 2.05) is 0 Å². The van der Waals surface area contributed by atoms with Crippen LogP contribution in [-0.4, -0.2) is 25.3 Å². The van der Waals surface area contributed by atoms with Crippen LogP contribution in [0.1, 0.15) is 47.0 Å². The van der Waals surface area contributed by atoms with Gasteiger partial charge in [-0.1, -0.05) is 20.3 Å². The summed E-state index contributed by atoms with van der Waals surface area (Å²) in [6.45, 7) is 10.6. The summed E-state index contributed by atoms with van der Waals surface area (Å²) in [5.74, 6) is 0. The molecule has 0 amide bonds. The molecule has 0 saturated carbocycles. The van der Waals surface area contributed by atoms with Gasteiger partial charge in [0, 0.05) is 12.6 Å². The minimum Gasteiger partial charge on any atom is -0.377 e. The predicted octanol–water partition coefficient (Wildman–Crippen LogP) is 2.58. The first kappa shape index (κ1) is 12.9. The van der Waals surface area contributed by atoms with E-state index < -0.39 is 0 Å². The molecule has 2 heteroatoms. The Kier molecular flexibility index (Phi) is 8.46. The Morgan fingerprint density at radius 2 is 1.85 bits per heavy atom. The lowest BCUT2D eigenvalue weighted by molar-refractivity contribution is 0.0328. The molecule has 2 nitrogen and oxygen atoms in total. The summed E-state index contributed by atoms with van der Waals surface area (Å²) in [5.41, 5.74) is 0. The first-order valence-electron chi connectivity index (χ1n) is 5.61. The zero-order valence-corrected chi connectivity index (χ0v) is 9.60. The van der Waals surface area contributed by atoms with Gasteiger partial charge in [-0.25, -0.2) is 0 Å². The topological polar surface area (TPSA) is 21.3 Å². The van der Waals surface area contributed by atoms with Crippen LogP contribution in [0.3, 0.4) is 0 Å². The minimum atomic E-state index is 0.390. The summed E-state index contributed by atoms with van der Waals surface area (Å²) in [5, 5.41) is 3.48. The maximum Gasteiger partial charge on any atom is 0.0725 e. The second kappa shape index (κ2) is 8.52. The van der Waals surface area contributed by atoms with E-state index in [0.29, 0.717) is 12.1 Å². The van der Waals surface area contributed by atoms with Gasteiger partial charge in [-0.3, -0.25) is 0 Å². The molecule has 0 rings (SSSR count). The molecule has 0 fully saturated rings. The molecule has 80 valence electrons. The van der Waals surface area contributed by atoms with Crippen molar-refractivity contribution in [2.24, 2.45) is 0 Å². The van der Waals surface area contributed by atoms with Crippen LogP contribution in [0.15, 0.2) is 0 Å². The monoisotopic (exact) mass is 187 g/mol. The Labute approximate surface area is 83.1 Å². The van der Waals surface area contributed by atoms with Crippen LogP contribution >= 0.6 is 0 Å². The summed E-state index contributed by atoms with van der Waals surface area (Å²) in [6, 6.07) is 0.486. The van der Waals surface area contributed by atoms with Crippen molar-refractivity contribution in [3.05, 3.63) is 0 Å². The molecule has 0 aliphatic carbocycles. The average molecular weight is 187 g/mol. The van der Waals surface area contributed by atoms with Crippen LogP contribution in [0.5, 0.6) is 0 Å². The second-order valence-corrected chi connectivity index (χ2v) is 3.53. The van der Waals surface area contributed by atoms with Crippen molar-refractivity contribution in [3.63, 3.8) is 0 Å². The Morgan fingerprint density at radius 1 is 1.15 bits per heavy atom. The van der Waals surface area contributed by atoms with E-state index >= 15 is 0 Å². The van der Waals surface area contributed by atoms with Crippen molar-refractivity contribution in [1.29, 1.82) is 0 Å². The van der Waals surface area contributed by atoms with Crippen molar-refractivity contribution < 1.29 is 4.74 Å². The highest BCUT2D eigenvalue weighted by atomic mass is 16.5. The first-order valence-corrected chi connectivity index (χ1v) is 5.61. The van der Waals surface area contributed by atoms with Crippen molar-refractivity contribution in [1.82, 2.24) is 5.32 Å². The lowest BCUT2D eigenvalue weighted by atomic mass is 10.1. The van der Waals surface area contributed by atoms with E-state index in [1.54, 1.807) is 0 Å². The Hall–Kier alpha value is -0.0800. The van der Waals surface area contributed by atoms with Crippen LogP contribution < -0.4 is 5.32 Å². The summed E-state index contributed by atoms with van der Waals surface area (Å²) in [6.07, 6.45) is 3.94. The fourth-order valence-electron chi connectivity index (χ4n) is 1.48. The van der Waals surface area contributed by atoms with Gasteiger partial charge in [0.2, 0.25) is 0 Å². The van der Waals surface area contributed by atoms with Crippen LogP contribution in [0.4, 0.5) is 0 Å². The molecule has 0 radical (unpaired) electrons. The summed E-state index contributed by atoms with van der Waals surface area (Å²) >= 11 is 0. The molecular formula is C11H25NO. The molecule has 0 heterocycles. The third kappa shape index (κ3) is 6.05. The smallest absolute Gasteiger partial charge is 0.0725 e. The quantitative estimate of drug-likeness (QED) is 0.630. The number of nitrogens with one attached hydrogen (secondary N) is 1. The average Bonchev–Trinajstić information content (AvgIpc) is 2.14. The van der Waals surface area contributed by atoms with Gasteiger partial charge in [-0.05, 0) is 33.2 Å². The SMILES string of the molecule is CCCNC(C)C(CCC)OCC. The lowest BCUT2D eigenvalue weighted by Crippen LogP contribution is -2.39. The Bertz CT molecular complexity index is 100. The zero-order chi connectivity index (χ0) is 10.1. The van der Waals surface area contributed by atoms with Gasteiger partial charge in [0.1, 0.15) is 0 Å². The molecule has 2 atom stereocenters. The van der Waals surface area contributed by atoms with E-state index in [4.69, 9.17) is 4.74 Å². The molecule has 0 bridgehead atoms. The van der Waals surface area contributed by atoms with Gasteiger partial charge >= 0.3 is 0 Å². The van der Waals surface area contributed by atoms with Crippen LogP contribution in [0, 0.1) is 0 Å². The number of hydrogen-bond acceptors (Lipinski definition) is 2. The maximum absolute atomic E-state index is 5.68. The van der Waals surface area contributed by atoms with E-state index in [2.05, 4.69) is 33.0 Å². The fourth-order valence-corrected chi connectivity index (χ4v) is 1.48. The van der Waals surface area contributed by atoms with E-state index in [9.17, 15) is 0 Å². The molecule has 13 heavy (non-hydrogen) atoms. The summed E-state index contributed by atoms with van der Waals surface area (Å²) < 4.78 is 5.68. The minimum absolute atomic E-state index is 0.390. The van der Waals surface area contributed by atoms with Gasteiger partial charge in [0.15, 0.2) is 0 Å². The second-order valence-electron chi connectivity index (χ2n) is 3.53. The van der Waals surface area contributed by atoms with Gasteiger partial charge in [-0.15, -0.1) is 0 Å². The van der Waals surface area contributed by atoms with Gasteiger partial charge in [0.05, 0.1) is 6.10 Å². The predicted molar refractivity (Wildman–Crippen MR) is 58.1 cm³/mol. The number of rotatable bonds is 8. The van der Waals surface area contributed by atoms with Crippen molar-refractivity contribution in [3.8, 4) is 0 Å². The molecule has 0 aromatic heterocycles. The van der Waals surface area contributed by atoms with Crippen molar-refractivity contribution >= 4 is 0 Å². The number of hydrogen-bond donors (Lipinski definition) is 1. The summed E-state index contributed by atoms with van der Waals surface area (Å²) in [7, 11) is 0. The van der Waals surface area contributed by atoms with Crippen molar-refractivity contribution in [2.45, 2.75) is 59.1 Å². The van der Waals surface area contributed by atoms with Gasteiger partial charge in [0.25, 0.3) is 0 Å². The van der Waals surface area contributed by atoms with Gasteiger partial charge in [-0.2, -0.15) is 0 Å². The molecule has 2 unspecified atom stereocenters. The van der Waals surface area contributed by atoms with Gasteiger partial charge < -0.3 is 10.1 Å². The molecule has 0 aromatic rings. The first-order chi connectivity index (χ1) is 6.26. The molecule has 0 spiro atoms. The highest BCUT2D eigenvalue weighted by molar-refractivity contribution is 4.71. The molecule has 0 aromatic carbocycles. The molecule has 0 saturated heterocycles. The zero-order valence-electron chi connectivity index (χ0n) is 9.60. The summed E-state index contributed by atoms with van der Waals surface area (Å²) in [4.78, 5) is 0. The third-order valence-electron chi connectivity index (χ3n) is 2.23. The van der Waals surface area contributed by atoms with Crippen LogP contribution in [0.25, 0.3) is 0 Å². The molecule has 0 aliphatic rings. The normalized spacial score (nSPS) is 15.7. The van der Waals surface area contributed by atoms with Crippen LogP contribution in [0.2, 0.25) is 0 Å². The molecule has 1 N–H and O–H groups in total. The molecule has 0 aliphatic heterocycles. The third-order valence-corrected chi connectivity index (χ3v) is 2.23. The van der Waals surface area contributed by atoms with E-state index in [-0.39, 0.29) is 0 Å². The molecular weight excluding hydrogens is 162 g/mol. The van der Waals surface area contributed by atoms with E-state index in [1.165, 1.54) is 12.8 Å². The Balaban J connectivity index is 3.72. The highest BCUT2D eigenvalue weighted by Gasteiger charge is 2.14. The fraction of sp³-hybridized carbons (Fsp3) is 1.00. The highest BCUT2D eigenvalue weighted by Crippen LogP contribution is 2.07. The van der Waals surface area contributed by atoms with Crippen molar-refractivity contribution in [2.75, 3.05) is 13.2 Å².